The highest BCUT2D eigenvalue weighted by Crippen LogP contribution is 2.26. The number of nitrogens with zero attached hydrogens (tertiary/aromatic N) is 2. The van der Waals surface area contributed by atoms with Gasteiger partial charge in [-0.3, -0.25) is 5.01 Å². The smallest absolute Gasteiger partial charge is 0.341 e. The van der Waals surface area contributed by atoms with Crippen molar-refractivity contribution in [2.24, 2.45) is 0 Å². The number of H-pyrrole nitrogens is 2. The van der Waals surface area contributed by atoms with Crippen LogP contribution in [0.3, 0.4) is 0 Å². The van der Waals surface area contributed by atoms with Crippen molar-refractivity contribution >= 4 is 28.5 Å². The van der Waals surface area contributed by atoms with Crippen molar-refractivity contribution in [2.75, 3.05) is 38.2 Å². The van der Waals surface area contributed by atoms with E-state index in [1.807, 2.05) is 14.1 Å². The average molecular weight is 390 g/mol. The molecule has 0 aliphatic heterocycles. The van der Waals surface area contributed by atoms with Gasteiger partial charge in [0.05, 0.1) is 12.5 Å². The molecule has 0 spiro atoms. The van der Waals surface area contributed by atoms with Crippen LogP contribution < -0.4 is 13.9 Å². The third-order valence-corrected chi connectivity index (χ3v) is 4.25. The summed E-state index contributed by atoms with van der Waals surface area (Å²) >= 11 is 5.68. The summed E-state index contributed by atoms with van der Waals surface area (Å²) in [6.45, 7) is 2.44. The minimum Gasteiger partial charge on any atom is -0.462 e. The van der Waals surface area contributed by atoms with Crippen molar-refractivity contribution < 1.29 is 18.5 Å². The minimum atomic E-state index is -0.736. The Bertz CT molecular complexity index is 732. The van der Waals surface area contributed by atoms with Gasteiger partial charge in [-0.05, 0) is 19.1 Å². The van der Waals surface area contributed by atoms with Gasteiger partial charge < -0.3 is 9.47 Å². The van der Waals surface area contributed by atoms with E-state index in [-0.39, 0.29) is 0 Å². The van der Waals surface area contributed by atoms with E-state index in [1.165, 1.54) is 0 Å². The molecule has 0 fully saturated rings. The Morgan fingerprint density at radius 3 is 2.80 bits per heavy atom. The number of aromatic nitrogens is 3. The molecule has 0 saturated heterocycles. The van der Waals surface area contributed by atoms with Crippen molar-refractivity contribution in [2.45, 2.75) is 6.92 Å². The summed E-state index contributed by atoms with van der Waals surface area (Å²) in [5.41, 5.74) is 0.351. The number of aromatic amines is 2. The average Bonchev–Trinajstić information content (AvgIpc) is 2.60. The van der Waals surface area contributed by atoms with E-state index in [9.17, 15) is 4.79 Å². The van der Waals surface area contributed by atoms with Crippen LogP contribution in [0.25, 0.3) is 0 Å². The van der Waals surface area contributed by atoms with E-state index in [2.05, 4.69) is 9.59 Å². The first kappa shape index (κ1) is 19.2. The number of alkyl halides is 1. The van der Waals surface area contributed by atoms with Gasteiger partial charge in [-0.15, -0.1) is 15.8 Å². The molecule has 2 N–H and O–H groups in total. The van der Waals surface area contributed by atoms with Gasteiger partial charge in [0.2, 0.25) is 0 Å². The fraction of sp³-hybridized carbons (Fsp3) is 0.400. The van der Waals surface area contributed by atoms with Gasteiger partial charge in [0.25, 0.3) is 22.2 Å². The van der Waals surface area contributed by atoms with E-state index in [0.29, 0.717) is 36.3 Å². The molecular weight excluding hydrogens is 368 g/mol. The number of ether oxygens (including phenoxy) is 2. The lowest BCUT2D eigenvalue weighted by atomic mass is 10.2. The van der Waals surface area contributed by atoms with Gasteiger partial charge >= 0.3 is 5.97 Å². The third-order valence-electron chi connectivity index (χ3n) is 2.90. The molecule has 0 aliphatic carbocycles. The second kappa shape index (κ2) is 9.40. The number of hydrogen-bond acceptors (Lipinski definition) is 5. The fourth-order valence-corrected chi connectivity index (χ4v) is 3.10. The van der Waals surface area contributed by atoms with Crippen LogP contribution >= 0.6 is 22.5 Å². The number of carbonyl (C=O) groups excluding carboxylic acids is 1. The SMILES string of the molecule is CCOC(=O)c1ccccc1Oc1c[s+](OCCCl)[nH]n(N(C)C)[nH]1. The number of para-hydroxylation sites is 1. The zero-order valence-electron chi connectivity index (χ0n) is 14.3. The van der Waals surface area contributed by atoms with Crippen molar-refractivity contribution in [3.63, 3.8) is 0 Å². The summed E-state index contributed by atoms with van der Waals surface area (Å²) in [5.74, 6) is 0.758. The van der Waals surface area contributed by atoms with E-state index in [4.69, 9.17) is 25.3 Å². The molecule has 1 aromatic heterocycles. The van der Waals surface area contributed by atoms with Crippen molar-refractivity contribution in [3.8, 4) is 11.6 Å². The lowest BCUT2D eigenvalue weighted by Gasteiger charge is -2.15. The molecule has 25 heavy (non-hydrogen) atoms. The molecule has 0 aliphatic rings. The maximum absolute atomic E-state index is 12.1. The van der Waals surface area contributed by atoms with Crippen LogP contribution in [0.1, 0.15) is 17.3 Å². The van der Waals surface area contributed by atoms with Crippen molar-refractivity contribution in [3.05, 3.63) is 35.2 Å². The molecule has 8 nitrogen and oxygen atoms in total. The minimum absolute atomic E-state index is 0.294. The molecule has 0 radical (unpaired) electrons. The van der Waals surface area contributed by atoms with Crippen LogP contribution in [0.5, 0.6) is 11.6 Å². The summed E-state index contributed by atoms with van der Waals surface area (Å²) in [4.78, 5) is 13.7. The van der Waals surface area contributed by atoms with Gasteiger partial charge in [-0.25, -0.2) is 9.89 Å². The molecule has 2 rings (SSSR count). The van der Waals surface area contributed by atoms with Crippen molar-refractivity contribution in [1.82, 2.24) is 14.5 Å². The molecule has 1 atom stereocenters. The molecule has 1 heterocycles. The first-order valence-corrected chi connectivity index (χ1v) is 9.38. The summed E-state index contributed by atoms with van der Waals surface area (Å²) in [5, 5.41) is 6.55. The summed E-state index contributed by atoms with van der Waals surface area (Å²) in [7, 11) is 2.96. The fourth-order valence-electron chi connectivity index (χ4n) is 1.82. The third kappa shape index (κ3) is 5.45. The predicted octanol–water partition coefficient (Wildman–Crippen LogP) is 2.85. The topological polar surface area (TPSA) is 84.5 Å². The van der Waals surface area contributed by atoms with Gasteiger partial charge in [-0.1, -0.05) is 21.5 Å². The van der Waals surface area contributed by atoms with E-state index >= 15 is 0 Å². The normalized spacial score (nSPS) is 11.1. The lowest BCUT2D eigenvalue weighted by Crippen LogP contribution is -2.30. The molecule has 1 unspecified atom stereocenters. The molecule has 138 valence electrons. The molecule has 0 bridgehead atoms. The Balaban J connectivity index is 2.33. The van der Waals surface area contributed by atoms with Gasteiger partial charge in [-0.2, -0.15) is 0 Å². The quantitative estimate of drug-likeness (QED) is 0.412. The second-order valence-corrected chi connectivity index (χ2v) is 6.60. The van der Waals surface area contributed by atoms with E-state index < -0.39 is 16.9 Å². The number of esters is 1. The number of benzene rings is 1. The van der Waals surface area contributed by atoms with Gasteiger partial charge in [0, 0.05) is 14.1 Å². The highest BCUT2D eigenvalue weighted by Gasteiger charge is 2.17. The number of nitrogens with one attached hydrogen (secondary N) is 2. The summed E-state index contributed by atoms with van der Waals surface area (Å²) in [6, 6.07) is 6.90. The number of halogens is 1. The first-order chi connectivity index (χ1) is 12.0. The van der Waals surface area contributed by atoms with Gasteiger partial charge in [0.1, 0.15) is 17.9 Å². The summed E-state index contributed by atoms with van der Waals surface area (Å²) in [6.07, 6.45) is 0. The van der Waals surface area contributed by atoms with Crippen molar-refractivity contribution in [1.29, 1.82) is 0 Å². The van der Waals surface area contributed by atoms with Crippen LogP contribution in [-0.4, -0.2) is 53.7 Å². The van der Waals surface area contributed by atoms with Crippen LogP contribution in [0.15, 0.2) is 29.6 Å². The van der Waals surface area contributed by atoms with Crippen LogP contribution in [0.4, 0.5) is 0 Å². The summed E-state index contributed by atoms with van der Waals surface area (Å²) < 4.78 is 19.7. The molecule has 0 saturated carbocycles. The molecule has 10 heteroatoms. The standard InChI is InChI=1S/C15H22ClN4O4S/c1-4-22-15(21)12-7-5-6-8-13(12)24-14-11-25(23-10-9-16)18-20(17-14)19(2)3/h5-8,11,17-18H,4,9-10H2,1-3H3/q+1. The van der Waals surface area contributed by atoms with Crippen LogP contribution in [0, 0.1) is 0 Å². The first-order valence-electron chi connectivity index (χ1n) is 7.63. The molecular formula is C15H22ClN4O4S+. The second-order valence-electron chi connectivity index (χ2n) is 4.97. The Morgan fingerprint density at radius 2 is 2.12 bits per heavy atom. The number of carbonyl (C=O) groups is 1. The molecule has 0 amide bonds. The lowest BCUT2D eigenvalue weighted by molar-refractivity contribution is 0.0523. The van der Waals surface area contributed by atoms with E-state index in [0.717, 1.165) is 0 Å². The largest absolute Gasteiger partial charge is 0.462 e. The number of hydrogen-bond donors (Lipinski definition) is 2. The highest BCUT2D eigenvalue weighted by atomic mass is 35.5. The van der Waals surface area contributed by atoms with Gasteiger partial charge in [0.15, 0.2) is 0 Å². The predicted molar refractivity (Wildman–Crippen MR) is 97.9 cm³/mol. The Morgan fingerprint density at radius 1 is 1.36 bits per heavy atom. The monoisotopic (exact) mass is 389 g/mol. The highest BCUT2D eigenvalue weighted by molar-refractivity contribution is 7.19. The Kier molecular flexibility index (Phi) is 7.23. The van der Waals surface area contributed by atoms with E-state index in [1.54, 1.807) is 46.5 Å². The zero-order chi connectivity index (χ0) is 18.2. The van der Waals surface area contributed by atoms with Crippen LogP contribution in [-0.2, 0) is 4.74 Å². The van der Waals surface area contributed by atoms with Crippen LogP contribution in [0.2, 0.25) is 0 Å². The molecule has 2 aromatic rings. The Labute approximate surface area is 153 Å². The molecule has 1 aromatic carbocycles. The maximum atomic E-state index is 12.1. The Hall–Kier alpha value is -2.10. The maximum Gasteiger partial charge on any atom is 0.341 e. The zero-order valence-corrected chi connectivity index (χ0v) is 15.9. The number of rotatable bonds is 8.